The minimum absolute atomic E-state index is 0.252. The van der Waals surface area contributed by atoms with Crippen molar-refractivity contribution in [2.75, 3.05) is 17.2 Å². The zero-order valence-corrected chi connectivity index (χ0v) is 28.4. The maximum Gasteiger partial charge on any atom is 0.255 e. The van der Waals surface area contributed by atoms with Crippen molar-refractivity contribution in [1.82, 2.24) is 14.8 Å². The molecule has 1 aliphatic heterocycles. The molecule has 47 heavy (non-hydrogen) atoms. The van der Waals surface area contributed by atoms with Crippen molar-refractivity contribution in [3.8, 4) is 11.5 Å². The number of aromatic nitrogens is 3. The number of para-hydroxylation sites is 1. The number of halogens is 2. The number of benzene rings is 4. The molecule has 0 saturated heterocycles. The maximum atomic E-state index is 14.1. The molecule has 0 aliphatic carbocycles. The molecule has 4 aromatic carbocycles. The molecule has 0 saturated carbocycles. The molecule has 0 bridgehead atoms. The van der Waals surface area contributed by atoms with E-state index in [1.54, 1.807) is 4.68 Å². The third kappa shape index (κ3) is 7.27. The van der Waals surface area contributed by atoms with Gasteiger partial charge in [-0.05, 0) is 67.8 Å². The summed E-state index contributed by atoms with van der Waals surface area (Å²) >= 11 is 14.3. The zero-order chi connectivity index (χ0) is 32.9. The second kappa shape index (κ2) is 14.5. The number of rotatable bonds is 11. The van der Waals surface area contributed by atoms with Gasteiger partial charge in [0.05, 0.1) is 12.2 Å². The fourth-order valence-corrected chi connectivity index (χ4v) is 6.61. The van der Waals surface area contributed by atoms with Crippen LogP contribution >= 0.6 is 35.0 Å². The lowest BCUT2D eigenvalue weighted by molar-refractivity contribution is -0.113. The van der Waals surface area contributed by atoms with Crippen LogP contribution in [0.4, 0.5) is 11.6 Å². The topological polar surface area (TPSA) is 90.3 Å². The summed E-state index contributed by atoms with van der Waals surface area (Å²) in [6.07, 6.45) is 0. The highest BCUT2D eigenvalue weighted by Gasteiger charge is 2.35. The van der Waals surface area contributed by atoms with Gasteiger partial charge in [-0.25, -0.2) is 4.68 Å². The Bertz CT molecular complexity index is 1960. The number of fused-ring (bicyclic) bond motifs is 1. The number of hydrogen-bond donors (Lipinski definition) is 2. The van der Waals surface area contributed by atoms with Gasteiger partial charge in [0.1, 0.15) is 12.6 Å². The lowest BCUT2D eigenvalue weighted by Gasteiger charge is -2.29. The number of thioether (sulfide) groups is 1. The Morgan fingerprint density at radius 3 is 2.34 bits per heavy atom. The number of allylic oxidation sites excluding steroid dienone is 1. The minimum Gasteiger partial charge on any atom is -0.490 e. The minimum atomic E-state index is -0.616. The second-order valence-corrected chi connectivity index (χ2v) is 12.7. The standard InChI is InChI=1S/C36H33Cl2N5O3S/c1-4-45-31-19-24(17-18-30(31)46-20-25-12-6-8-14-27(25)37)33-32(34(44)40-29-16-10-5-11-22(29)2)23(3)39-35-41-36(42-43(33)35)47-21-26-13-7-9-15-28(26)38/h5-19,33H,4,20-21H2,1-3H3,(H,40,44)(H,39,41,42). The van der Waals surface area contributed by atoms with Crippen LogP contribution in [0.25, 0.3) is 0 Å². The Kier molecular flexibility index (Phi) is 10.1. The third-order valence-electron chi connectivity index (χ3n) is 7.71. The quantitative estimate of drug-likeness (QED) is 0.134. The van der Waals surface area contributed by atoms with Crippen molar-refractivity contribution in [1.29, 1.82) is 0 Å². The molecule has 2 heterocycles. The van der Waals surface area contributed by atoms with Gasteiger partial charge in [0.25, 0.3) is 5.91 Å². The van der Waals surface area contributed by atoms with E-state index in [4.69, 9.17) is 42.8 Å². The second-order valence-electron chi connectivity index (χ2n) is 10.9. The van der Waals surface area contributed by atoms with Gasteiger partial charge < -0.3 is 20.1 Å². The molecule has 2 N–H and O–H groups in total. The zero-order valence-electron chi connectivity index (χ0n) is 26.1. The van der Waals surface area contributed by atoms with Gasteiger partial charge in [-0.15, -0.1) is 5.10 Å². The smallest absolute Gasteiger partial charge is 0.255 e. The van der Waals surface area contributed by atoms with E-state index in [2.05, 4.69) is 10.6 Å². The van der Waals surface area contributed by atoms with Crippen LogP contribution in [-0.4, -0.2) is 27.3 Å². The van der Waals surface area contributed by atoms with E-state index in [1.807, 2.05) is 112 Å². The Balaban J connectivity index is 1.37. The number of anilines is 2. The molecule has 0 radical (unpaired) electrons. The first-order chi connectivity index (χ1) is 22.8. The van der Waals surface area contributed by atoms with Crippen molar-refractivity contribution in [3.63, 3.8) is 0 Å². The van der Waals surface area contributed by atoms with Gasteiger partial charge in [-0.3, -0.25) is 4.79 Å². The Labute approximate surface area is 288 Å². The molecule has 1 amide bonds. The third-order valence-corrected chi connectivity index (χ3v) is 9.33. The van der Waals surface area contributed by atoms with E-state index >= 15 is 0 Å². The number of carbonyl (C=O) groups excluding carboxylic acids is 1. The monoisotopic (exact) mass is 685 g/mol. The largest absolute Gasteiger partial charge is 0.490 e. The first kappa shape index (κ1) is 32.5. The highest BCUT2D eigenvalue weighted by Crippen LogP contribution is 2.40. The van der Waals surface area contributed by atoms with E-state index in [1.165, 1.54) is 11.8 Å². The highest BCUT2D eigenvalue weighted by molar-refractivity contribution is 7.98. The lowest BCUT2D eigenvalue weighted by Crippen LogP contribution is -2.31. The number of nitrogens with one attached hydrogen (secondary N) is 2. The fourth-order valence-electron chi connectivity index (χ4n) is 5.31. The summed E-state index contributed by atoms with van der Waals surface area (Å²) in [5.74, 6) is 1.97. The molecule has 5 aromatic rings. The summed E-state index contributed by atoms with van der Waals surface area (Å²) in [7, 11) is 0. The average Bonchev–Trinajstić information content (AvgIpc) is 3.47. The average molecular weight is 687 g/mol. The van der Waals surface area contributed by atoms with Crippen molar-refractivity contribution in [2.45, 2.75) is 44.3 Å². The summed E-state index contributed by atoms with van der Waals surface area (Å²) in [6.45, 7) is 6.44. The summed E-state index contributed by atoms with van der Waals surface area (Å²) in [5, 5.41) is 13.2. The Hall–Kier alpha value is -4.44. The van der Waals surface area contributed by atoms with Crippen LogP contribution in [0.3, 0.4) is 0 Å². The molecule has 0 spiro atoms. The molecule has 1 aliphatic rings. The van der Waals surface area contributed by atoms with Crippen molar-refractivity contribution >= 4 is 52.5 Å². The maximum absolute atomic E-state index is 14.1. The lowest BCUT2D eigenvalue weighted by atomic mass is 9.94. The summed E-state index contributed by atoms with van der Waals surface area (Å²) in [5.41, 5.74) is 5.48. The molecule has 1 unspecified atom stereocenters. The van der Waals surface area contributed by atoms with E-state index in [0.717, 1.165) is 27.9 Å². The summed E-state index contributed by atoms with van der Waals surface area (Å²) in [6, 6.07) is 28.0. The van der Waals surface area contributed by atoms with Gasteiger partial charge in [0, 0.05) is 32.7 Å². The molecule has 8 nitrogen and oxygen atoms in total. The first-order valence-electron chi connectivity index (χ1n) is 15.1. The number of ether oxygens (including phenoxy) is 2. The number of amides is 1. The van der Waals surface area contributed by atoms with E-state index < -0.39 is 6.04 Å². The number of nitrogens with zero attached hydrogens (tertiary/aromatic N) is 3. The molecular formula is C36H33Cl2N5O3S. The normalized spacial score (nSPS) is 13.9. The van der Waals surface area contributed by atoms with Gasteiger partial charge in [-0.2, -0.15) is 4.98 Å². The summed E-state index contributed by atoms with van der Waals surface area (Å²) in [4.78, 5) is 18.9. The molecule has 1 atom stereocenters. The van der Waals surface area contributed by atoms with Crippen molar-refractivity contribution in [2.24, 2.45) is 0 Å². The van der Waals surface area contributed by atoms with Crippen LogP contribution in [0.2, 0.25) is 10.0 Å². The van der Waals surface area contributed by atoms with Crippen LogP contribution < -0.4 is 20.1 Å². The van der Waals surface area contributed by atoms with E-state index in [0.29, 0.717) is 56.3 Å². The van der Waals surface area contributed by atoms with E-state index in [9.17, 15) is 4.79 Å². The van der Waals surface area contributed by atoms with Gasteiger partial charge in [-0.1, -0.05) is 95.6 Å². The Morgan fingerprint density at radius 1 is 0.915 bits per heavy atom. The van der Waals surface area contributed by atoms with Crippen LogP contribution in [-0.2, 0) is 17.2 Å². The van der Waals surface area contributed by atoms with Gasteiger partial charge in [0.2, 0.25) is 11.1 Å². The van der Waals surface area contributed by atoms with Gasteiger partial charge >= 0.3 is 0 Å². The van der Waals surface area contributed by atoms with E-state index in [-0.39, 0.29) is 12.5 Å². The number of hydrogen-bond acceptors (Lipinski definition) is 7. The number of carbonyl (C=O) groups is 1. The first-order valence-corrected chi connectivity index (χ1v) is 16.9. The predicted molar refractivity (Wildman–Crippen MR) is 189 cm³/mol. The van der Waals surface area contributed by atoms with Crippen molar-refractivity contribution < 1.29 is 14.3 Å². The highest BCUT2D eigenvalue weighted by atomic mass is 35.5. The molecule has 0 fully saturated rings. The number of aryl methyl sites for hydroxylation is 1. The van der Waals surface area contributed by atoms with Crippen LogP contribution in [0, 0.1) is 6.92 Å². The molecule has 1 aromatic heterocycles. The Morgan fingerprint density at radius 2 is 1.62 bits per heavy atom. The molecule has 11 heteroatoms. The van der Waals surface area contributed by atoms with Crippen LogP contribution in [0.15, 0.2) is 107 Å². The predicted octanol–water partition coefficient (Wildman–Crippen LogP) is 9.09. The van der Waals surface area contributed by atoms with Gasteiger partial charge in [0.15, 0.2) is 11.5 Å². The van der Waals surface area contributed by atoms with Crippen LogP contribution in [0.5, 0.6) is 11.5 Å². The summed E-state index contributed by atoms with van der Waals surface area (Å²) < 4.78 is 14.0. The molecular weight excluding hydrogens is 653 g/mol. The molecule has 240 valence electrons. The SMILES string of the molecule is CCOc1cc(C2C(C(=O)Nc3ccccc3C)=C(C)Nc3nc(SCc4ccccc4Cl)nn32)ccc1OCc1ccccc1Cl. The van der Waals surface area contributed by atoms with Crippen LogP contribution in [0.1, 0.15) is 42.1 Å². The van der Waals surface area contributed by atoms with Crippen molar-refractivity contribution in [3.05, 3.63) is 135 Å². The molecule has 6 rings (SSSR count). The fraction of sp³-hybridized carbons (Fsp3) is 0.194.